The molecular weight excluding hydrogens is 428 g/mol. The highest BCUT2D eigenvalue weighted by Crippen LogP contribution is 2.36. The van der Waals surface area contributed by atoms with Crippen LogP contribution in [0, 0.1) is 10.1 Å². The lowest BCUT2D eigenvalue weighted by Crippen LogP contribution is -2.12. The molecule has 8 heteroatoms. The van der Waals surface area contributed by atoms with Crippen molar-refractivity contribution in [2.45, 2.75) is 20.3 Å². The summed E-state index contributed by atoms with van der Waals surface area (Å²) in [6.45, 7) is 4.02. The van der Waals surface area contributed by atoms with E-state index in [0.717, 1.165) is 12.0 Å². The highest BCUT2D eigenvalue weighted by molar-refractivity contribution is 7.15. The van der Waals surface area contributed by atoms with Crippen molar-refractivity contribution in [3.8, 4) is 11.1 Å². The van der Waals surface area contributed by atoms with E-state index >= 15 is 0 Å². The number of nitrogens with one attached hydrogen (secondary N) is 1. The summed E-state index contributed by atoms with van der Waals surface area (Å²) in [5.41, 5.74) is 3.68. The zero-order valence-corrected chi connectivity index (χ0v) is 18.5. The summed E-state index contributed by atoms with van der Waals surface area (Å²) in [6.07, 6.45) is 3.77. The fourth-order valence-corrected chi connectivity index (χ4v) is 3.98. The maximum Gasteiger partial charge on any atom is 0.341 e. The Morgan fingerprint density at radius 3 is 2.38 bits per heavy atom. The quantitative estimate of drug-likeness (QED) is 0.205. The third kappa shape index (κ3) is 5.47. The van der Waals surface area contributed by atoms with Crippen molar-refractivity contribution in [1.29, 1.82) is 0 Å². The van der Waals surface area contributed by atoms with Crippen LogP contribution in [0.1, 0.15) is 35.3 Å². The highest BCUT2D eigenvalue weighted by atomic mass is 32.1. The van der Waals surface area contributed by atoms with Crippen molar-refractivity contribution in [2.75, 3.05) is 11.9 Å². The van der Waals surface area contributed by atoms with E-state index < -0.39 is 16.8 Å². The number of carbonyl (C=O) groups excluding carboxylic acids is 2. The third-order valence-corrected chi connectivity index (χ3v) is 5.61. The van der Waals surface area contributed by atoms with Crippen LogP contribution in [0.15, 0.2) is 60.0 Å². The van der Waals surface area contributed by atoms with Gasteiger partial charge in [-0.2, -0.15) is 0 Å². The number of rotatable bonds is 8. The van der Waals surface area contributed by atoms with Crippen molar-refractivity contribution < 1.29 is 19.2 Å². The van der Waals surface area contributed by atoms with Crippen LogP contribution >= 0.6 is 11.3 Å². The number of amides is 1. The average molecular weight is 451 g/mol. The van der Waals surface area contributed by atoms with Gasteiger partial charge >= 0.3 is 5.97 Å². The molecule has 0 bridgehead atoms. The lowest BCUT2D eigenvalue weighted by molar-refractivity contribution is -0.384. The topological polar surface area (TPSA) is 98.5 Å². The van der Waals surface area contributed by atoms with Gasteiger partial charge in [-0.1, -0.05) is 31.2 Å². The van der Waals surface area contributed by atoms with Crippen LogP contribution in [-0.4, -0.2) is 23.4 Å². The molecule has 3 aromatic rings. The van der Waals surface area contributed by atoms with Crippen molar-refractivity contribution in [3.63, 3.8) is 0 Å². The Hall–Kier alpha value is -3.78. The summed E-state index contributed by atoms with van der Waals surface area (Å²) in [6, 6.07) is 13.7. The van der Waals surface area contributed by atoms with Gasteiger partial charge in [0.25, 0.3) is 5.69 Å². The van der Waals surface area contributed by atoms with E-state index in [0.29, 0.717) is 21.7 Å². The molecule has 0 aliphatic heterocycles. The minimum absolute atomic E-state index is 0.0243. The number of hydrogen-bond acceptors (Lipinski definition) is 6. The number of hydrogen-bond donors (Lipinski definition) is 1. The Kier molecular flexibility index (Phi) is 7.51. The summed E-state index contributed by atoms with van der Waals surface area (Å²) in [7, 11) is 0. The highest BCUT2D eigenvalue weighted by Gasteiger charge is 2.22. The van der Waals surface area contributed by atoms with Crippen LogP contribution in [0.5, 0.6) is 0 Å². The van der Waals surface area contributed by atoms with Gasteiger partial charge in [-0.25, -0.2) is 4.79 Å². The zero-order chi connectivity index (χ0) is 23.1. The number of nitro groups is 1. The first kappa shape index (κ1) is 22.9. The molecule has 7 nitrogen and oxygen atoms in total. The van der Waals surface area contributed by atoms with E-state index in [-0.39, 0.29) is 12.3 Å². The van der Waals surface area contributed by atoms with Crippen molar-refractivity contribution >= 4 is 40.0 Å². The molecule has 0 spiro atoms. The summed E-state index contributed by atoms with van der Waals surface area (Å²) >= 11 is 1.25. The van der Waals surface area contributed by atoms with Gasteiger partial charge in [-0.15, -0.1) is 11.3 Å². The Morgan fingerprint density at radius 1 is 1.09 bits per heavy atom. The van der Waals surface area contributed by atoms with E-state index in [4.69, 9.17) is 4.74 Å². The zero-order valence-electron chi connectivity index (χ0n) is 17.7. The first-order valence-electron chi connectivity index (χ1n) is 10.0. The van der Waals surface area contributed by atoms with Gasteiger partial charge < -0.3 is 10.1 Å². The molecular formula is C24H22N2O5S. The molecule has 1 N–H and O–H groups in total. The van der Waals surface area contributed by atoms with Gasteiger partial charge in [-0.3, -0.25) is 14.9 Å². The van der Waals surface area contributed by atoms with E-state index in [1.54, 1.807) is 25.1 Å². The molecule has 0 atom stereocenters. The Morgan fingerprint density at radius 2 is 1.78 bits per heavy atom. The van der Waals surface area contributed by atoms with Gasteiger partial charge in [0.1, 0.15) is 10.6 Å². The maximum absolute atomic E-state index is 12.7. The molecule has 1 amide bonds. The maximum atomic E-state index is 12.7. The molecule has 0 fully saturated rings. The number of thiophene rings is 1. The van der Waals surface area contributed by atoms with Crippen LogP contribution in [0.25, 0.3) is 17.2 Å². The second-order valence-electron chi connectivity index (χ2n) is 6.80. The van der Waals surface area contributed by atoms with Gasteiger partial charge in [0, 0.05) is 29.2 Å². The minimum atomic E-state index is -0.502. The number of ether oxygens (including phenoxy) is 1. The number of nitrogens with zero attached hydrogens (tertiary/aromatic N) is 1. The molecule has 1 heterocycles. The Balaban J connectivity index is 1.83. The second kappa shape index (κ2) is 10.5. The van der Waals surface area contributed by atoms with Crippen molar-refractivity contribution in [3.05, 3.63) is 86.8 Å². The molecule has 0 aliphatic carbocycles. The van der Waals surface area contributed by atoms with Crippen LogP contribution in [0.4, 0.5) is 10.7 Å². The monoisotopic (exact) mass is 450 g/mol. The molecule has 0 saturated heterocycles. The predicted molar refractivity (Wildman–Crippen MR) is 126 cm³/mol. The smallest absolute Gasteiger partial charge is 0.341 e. The average Bonchev–Trinajstić information content (AvgIpc) is 3.21. The minimum Gasteiger partial charge on any atom is -0.462 e. The van der Waals surface area contributed by atoms with Crippen LogP contribution in [-0.2, 0) is 16.0 Å². The lowest BCUT2D eigenvalue weighted by atomic mass is 10.0. The van der Waals surface area contributed by atoms with Crippen molar-refractivity contribution in [2.24, 2.45) is 0 Å². The molecule has 3 rings (SSSR count). The van der Waals surface area contributed by atoms with Crippen LogP contribution in [0.2, 0.25) is 0 Å². The van der Waals surface area contributed by atoms with E-state index in [1.165, 1.54) is 35.1 Å². The number of carbonyl (C=O) groups is 2. The van der Waals surface area contributed by atoms with Gasteiger partial charge in [0.2, 0.25) is 5.91 Å². The molecule has 1 aromatic heterocycles. The number of aryl methyl sites for hydroxylation is 1. The largest absolute Gasteiger partial charge is 0.462 e. The van der Waals surface area contributed by atoms with Crippen molar-refractivity contribution in [1.82, 2.24) is 0 Å². The number of benzene rings is 2. The van der Waals surface area contributed by atoms with Gasteiger partial charge in [-0.05, 0) is 48.2 Å². The fourth-order valence-electron chi connectivity index (χ4n) is 3.02. The normalized spacial score (nSPS) is 10.8. The predicted octanol–water partition coefficient (Wildman–Crippen LogP) is 5.71. The summed E-state index contributed by atoms with van der Waals surface area (Å²) in [4.78, 5) is 35.4. The molecule has 0 radical (unpaired) electrons. The Labute approximate surface area is 189 Å². The van der Waals surface area contributed by atoms with Crippen LogP contribution in [0.3, 0.4) is 0 Å². The standard InChI is InChI=1S/C24H22N2O5S/c1-3-16-5-10-18(11-6-16)20-15-32-23(22(20)24(28)31-4-2)25-21(27)14-9-17-7-12-19(13-8-17)26(29)30/h5-15H,3-4H2,1-2H3,(H,25,27)/b14-9+. The SMILES string of the molecule is CCOC(=O)c1c(-c2ccc(CC)cc2)csc1NC(=O)/C=C/c1ccc([N+](=O)[O-])cc1. The first-order chi connectivity index (χ1) is 15.4. The molecule has 164 valence electrons. The van der Waals surface area contributed by atoms with E-state index in [1.807, 2.05) is 29.6 Å². The van der Waals surface area contributed by atoms with E-state index in [2.05, 4.69) is 12.2 Å². The first-order valence-corrected chi connectivity index (χ1v) is 10.9. The molecule has 0 unspecified atom stereocenters. The Bertz CT molecular complexity index is 1150. The second-order valence-corrected chi connectivity index (χ2v) is 7.68. The van der Waals surface area contributed by atoms with E-state index in [9.17, 15) is 19.7 Å². The summed E-state index contributed by atoms with van der Waals surface area (Å²) in [5.74, 6) is -0.929. The number of anilines is 1. The number of esters is 1. The van der Waals surface area contributed by atoms with Crippen LogP contribution < -0.4 is 5.32 Å². The summed E-state index contributed by atoms with van der Waals surface area (Å²) < 4.78 is 5.22. The lowest BCUT2D eigenvalue weighted by Gasteiger charge is -2.08. The number of non-ortho nitro benzene ring substituents is 1. The number of nitro benzene ring substituents is 1. The summed E-state index contributed by atoms with van der Waals surface area (Å²) in [5, 5.41) is 15.7. The molecule has 0 saturated carbocycles. The van der Waals surface area contributed by atoms with Gasteiger partial charge in [0.15, 0.2) is 0 Å². The molecule has 0 aliphatic rings. The third-order valence-electron chi connectivity index (χ3n) is 4.71. The fraction of sp³-hybridized carbons (Fsp3) is 0.167. The molecule has 32 heavy (non-hydrogen) atoms. The molecule has 2 aromatic carbocycles. The van der Waals surface area contributed by atoms with Gasteiger partial charge in [0.05, 0.1) is 11.5 Å².